The molecule has 1 N–H and O–H groups in total. The minimum atomic E-state index is -4.05. The summed E-state index contributed by atoms with van der Waals surface area (Å²) in [6.45, 7) is 6.20. The van der Waals surface area contributed by atoms with Crippen LogP contribution in [0.1, 0.15) is 44.2 Å². The molecule has 1 aliphatic rings. The number of likely N-dealkylation sites (tertiary alicyclic amines) is 1. The lowest BCUT2D eigenvalue weighted by atomic mass is 9.85. The van der Waals surface area contributed by atoms with Crippen LogP contribution in [0.4, 0.5) is 0 Å². The third-order valence-electron chi connectivity index (χ3n) is 5.56. The average Bonchev–Trinajstić information content (AvgIpc) is 2.66. The fourth-order valence-corrected chi connectivity index (χ4v) is 4.59. The number of sulfonamides is 1. The number of carbonyl (C=O) groups excluding carboxylic acids is 2. The maximum absolute atomic E-state index is 12.8. The minimum Gasteiger partial charge on any atom is -0.328 e. The summed E-state index contributed by atoms with van der Waals surface area (Å²) in [6.07, 6.45) is 0.554. The van der Waals surface area contributed by atoms with Crippen LogP contribution in [0.15, 0.2) is 53.4 Å². The smallest absolute Gasteiger partial charge is 0.264 e. The van der Waals surface area contributed by atoms with Gasteiger partial charge in [-0.1, -0.05) is 49.7 Å². The molecule has 1 unspecified atom stereocenters. The number of hydrogen-bond donors (Lipinski definition) is 1. The summed E-state index contributed by atoms with van der Waals surface area (Å²) in [7, 11) is -4.05. The molecule has 2 amide bonds. The summed E-state index contributed by atoms with van der Waals surface area (Å²) < 4.78 is 27.1. The molecule has 8 heteroatoms. The van der Waals surface area contributed by atoms with Crippen molar-refractivity contribution in [1.29, 1.82) is 0 Å². The van der Waals surface area contributed by atoms with Gasteiger partial charge in [0.25, 0.3) is 15.9 Å². The van der Waals surface area contributed by atoms with Crippen LogP contribution in [0.3, 0.4) is 0 Å². The van der Waals surface area contributed by atoms with Crippen LogP contribution in [0, 0.1) is 0 Å². The first kappa shape index (κ1) is 22.3. The SMILES string of the molecule is CC(C)c1ccc(CC(=O)N2CCC2(C)C(=O)NS(=O)(=O)c2ccc(Cl)cc2)cc1. The van der Waals surface area contributed by atoms with E-state index in [9.17, 15) is 18.0 Å². The number of hydrogen-bond acceptors (Lipinski definition) is 4. The molecule has 0 saturated carbocycles. The zero-order valence-corrected chi connectivity index (χ0v) is 18.8. The number of halogens is 1. The van der Waals surface area contributed by atoms with Gasteiger partial charge in [-0.2, -0.15) is 0 Å². The summed E-state index contributed by atoms with van der Waals surface area (Å²) in [4.78, 5) is 26.9. The van der Waals surface area contributed by atoms with E-state index in [1.54, 1.807) is 6.92 Å². The van der Waals surface area contributed by atoms with Gasteiger partial charge in [-0.05, 0) is 54.7 Å². The van der Waals surface area contributed by atoms with Crippen molar-refractivity contribution < 1.29 is 18.0 Å². The second-order valence-corrected chi connectivity index (χ2v) is 10.1. The Kier molecular flexibility index (Phi) is 6.24. The Morgan fingerprint density at radius 2 is 1.70 bits per heavy atom. The fourth-order valence-electron chi connectivity index (χ4n) is 3.39. The number of rotatable bonds is 6. The fraction of sp³-hybridized carbons (Fsp3) is 0.364. The Labute approximate surface area is 182 Å². The van der Waals surface area contributed by atoms with E-state index in [-0.39, 0.29) is 17.2 Å². The third kappa shape index (κ3) is 4.52. The number of nitrogens with zero attached hydrogens (tertiary/aromatic N) is 1. The van der Waals surface area contributed by atoms with Crippen molar-refractivity contribution in [3.63, 3.8) is 0 Å². The number of carbonyl (C=O) groups is 2. The molecule has 1 saturated heterocycles. The molecule has 2 aromatic carbocycles. The molecule has 2 aromatic rings. The molecule has 1 heterocycles. The second kappa shape index (κ2) is 8.40. The van der Waals surface area contributed by atoms with E-state index in [1.165, 1.54) is 34.7 Å². The molecular formula is C22H25ClN2O4S. The lowest BCUT2D eigenvalue weighted by molar-refractivity contribution is -0.156. The Morgan fingerprint density at radius 3 is 2.20 bits per heavy atom. The zero-order chi connectivity index (χ0) is 22.1. The highest BCUT2D eigenvalue weighted by atomic mass is 35.5. The van der Waals surface area contributed by atoms with E-state index in [0.29, 0.717) is 23.9 Å². The van der Waals surface area contributed by atoms with Gasteiger partial charge >= 0.3 is 0 Å². The van der Waals surface area contributed by atoms with E-state index in [1.807, 2.05) is 24.3 Å². The van der Waals surface area contributed by atoms with Gasteiger partial charge in [-0.25, -0.2) is 13.1 Å². The summed E-state index contributed by atoms with van der Waals surface area (Å²) in [5.74, 6) is -0.521. The summed E-state index contributed by atoms with van der Waals surface area (Å²) in [5.41, 5.74) is 0.841. The van der Waals surface area contributed by atoms with Crippen molar-refractivity contribution in [3.8, 4) is 0 Å². The van der Waals surface area contributed by atoms with Crippen molar-refractivity contribution in [1.82, 2.24) is 9.62 Å². The highest BCUT2D eigenvalue weighted by Gasteiger charge is 2.50. The molecule has 3 rings (SSSR count). The molecule has 1 aliphatic heterocycles. The largest absolute Gasteiger partial charge is 0.328 e. The van der Waals surface area contributed by atoms with Gasteiger partial charge in [-0.15, -0.1) is 0 Å². The highest BCUT2D eigenvalue weighted by Crippen LogP contribution is 2.32. The first-order valence-corrected chi connectivity index (χ1v) is 11.6. The van der Waals surface area contributed by atoms with Crippen LogP contribution >= 0.6 is 11.6 Å². The van der Waals surface area contributed by atoms with Gasteiger partial charge < -0.3 is 4.90 Å². The zero-order valence-electron chi connectivity index (χ0n) is 17.2. The van der Waals surface area contributed by atoms with Gasteiger partial charge in [0, 0.05) is 11.6 Å². The Morgan fingerprint density at radius 1 is 1.10 bits per heavy atom. The van der Waals surface area contributed by atoms with E-state index < -0.39 is 21.5 Å². The van der Waals surface area contributed by atoms with Gasteiger partial charge in [0.05, 0.1) is 11.3 Å². The first-order valence-electron chi connectivity index (χ1n) is 9.75. The second-order valence-electron chi connectivity index (χ2n) is 8.03. The molecule has 1 fully saturated rings. The summed E-state index contributed by atoms with van der Waals surface area (Å²) >= 11 is 5.79. The summed E-state index contributed by atoms with van der Waals surface area (Å²) in [6, 6.07) is 13.3. The molecule has 0 aliphatic carbocycles. The van der Waals surface area contributed by atoms with Gasteiger partial charge in [0.1, 0.15) is 5.54 Å². The average molecular weight is 449 g/mol. The van der Waals surface area contributed by atoms with Gasteiger partial charge in [0.15, 0.2) is 0 Å². The molecule has 0 spiro atoms. The van der Waals surface area contributed by atoms with Crippen LogP contribution in [0.5, 0.6) is 0 Å². The Balaban J connectivity index is 1.69. The van der Waals surface area contributed by atoms with Crippen LogP contribution in [0.25, 0.3) is 0 Å². The highest BCUT2D eigenvalue weighted by molar-refractivity contribution is 7.90. The monoisotopic (exact) mass is 448 g/mol. The minimum absolute atomic E-state index is 0.0636. The predicted octanol–water partition coefficient (Wildman–Crippen LogP) is 3.50. The van der Waals surface area contributed by atoms with Crippen LogP contribution in [-0.2, 0) is 26.0 Å². The lowest BCUT2D eigenvalue weighted by Gasteiger charge is -2.49. The molecule has 0 radical (unpaired) electrons. The third-order valence-corrected chi connectivity index (χ3v) is 7.16. The maximum Gasteiger partial charge on any atom is 0.264 e. The van der Waals surface area contributed by atoms with Crippen molar-refractivity contribution in [2.24, 2.45) is 0 Å². The molecule has 160 valence electrons. The van der Waals surface area contributed by atoms with E-state index in [4.69, 9.17) is 11.6 Å². The predicted molar refractivity (Wildman–Crippen MR) is 116 cm³/mol. The van der Waals surface area contributed by atoms with Crippen molar-refractivity contribution in [2.45, 2.75) is 50.0 Å². The molecular weight excluding hydrogens is 424 g/mol. The van der Waals surface area contributed by atoms with Gasteiger partial charge in [0.2, 0.25) is 5.91 Å². The Hall–Kier alpha value is -2.38. The maximum atomic E-state index is 12.8. The molecule has 30 heavy (non-hydrogen) atoms. The van der Waals surface area contributed by atoms with Gasteiger partial charge in [-0.3, -0.25) is 9.59 Å². The topological polar surface area (TPSA) is 83.6 Å². The van der Waals surface area contributed by atoms with E-state index in [2.05, 4.69) is 18.6 Å². The first-order chi connectivity index (χ1) is 14.0. The number of nitrogens with one attached hydrogen (secondary N) is 1. The van der Waals surface area contributed by atoms with E-state index in [0.717, 1.165) is 5.56 Å². The molecule has 0 aromatic heterocycles. The number of benzene rings is 2. The number of amides is 2. The molecule has 1 atom stereocenters. The normalized spacial score (nSPS) is 18.8. The van der Waals surface area contributed by atoms with Crippen molar-refractivity contribution in [2.75, 3.05) is 6.54 Å². The molecule has 6 nitrogen and oxygen atoms in total. The lowest BCUT2D eigenvalue weighted by Crippen LogP contribution is -2.68. The quantitative estimate of drug-likeness (QED) is 0.733. The van der Waals surface area contributed by atoms with Crippen molar-refractivity contribution in [3.05, 3.63) is 64.7 Å². The van der Waals surface area contributed by atoms with Crippen LogP contribution < -0.4 is 4.72 Å². The van der Waals surface area contributed by atoms with Crippen LogP contribution in [-0.4, -0.2) is 37.2 Å². The Bertz CT molecular complexity index is 1050. The van der Waals surface area contributed by atoms with Crippen LogP contribution in [0.2, 0.25) is 5.02 Å². The molecule has 0 bridgehead atoms. The standard InChI is InChI=1S/C22H25ClN2O4S/c1-15(2)17-6-4-16(5-7-17)14-20(26)25-13-12-22(25,3)21(27)24-30(28,29)19-10-8-18(23)9-11-19/h4-11,15H,12-14H2,1-3H3,(H,24,27). The summed E-state index contributed by atoms with van der Waals surface area (Å²) in [5, 5.41) is 0.393. The van der Waals surface area contributed by atoms with Crippen molar-refractivity contribution >= 4 is 33.4 Å². The van der Waals surface area contributed by atoms with E-state index >= 15 is 0 Å².